The molecule has 4 rings (SSSR count). The number of hydrogen-bond acceptors (Lipinski definition) is 7. The summed E-state index contributed by atoms with van der Waals surface area (Å²) < 4.78 is 19.0. The molecule has 1 atom stereocenters. The van der Waals surface area contributed by atoms with Crippen molar-refractivity contribution in [3.05, 3.63) is 34.6 Å². The van der Waals surface area contributed by atoms with Crippen molar-refractivity contribution in [3.8, 4) is 0 Å². The van der Waals surface area contributed by atoms with E-state index in [1.54, 1.807) is 12.1 Å². The Morgan fingerprint density at radius 2 is 2.16 bits per heavy atom. The van der Waals surface area contributed by atoms with Crippen molar-refractivity contribution in [3.63, 3.8) is 0 Å². The van der Waals surface area contributed by atoms with Gasteiger partial charge in [-0.05, 0) is 18.1 Å². The number of esters is 1. The van der Waals surface area contributed by atoms with Crippen LogP contribution in [0.2, 0.25) is 0 Å². The Labute approximate surface area is 180 Å². The number of hydrogen-bond donors (Lipinski definition) is 2. The van der Waals surface area contributed by atoms with E-state index < -0.39 is 23.6 Å². The fourth-order valence-electron chi connectivity index (χ4n) is 3.52. The number of aromatic amines is 1. The number of carbonyl (C=O) groups excluding carboxylic acids is 3. The maximum atomic E-state index is 14.3. The molecule has 9 nitrogen and oxygen atoms in total. The van der Waals surface area contributed by atoms with Gasteiger partial charge in [-0.15, -0.1) is 11.3 Å². The number of methoxy groups -OCH3 is 1. The molecule has 162 valence electrons. The van der Waals surface area contributed by atoms with Gasteiger partial charge >= 0.3 is 5.97 Å². The fraction of sp³-hybridized carbons (Fsp3) is 0.350. The van der Waals surface area contributed by atoms with Gasteiger partial charge in [-0.1, -0.05) is 19.9 Å². The second-order valence-corrected chi connectivity index (χ2v) is 8.51. The zero-order valence-electron chi connectivity index (χ0n) is 17.1. The van der Waals surface area contributed by atoms with Gasteiger partial charge in [0.15, 0.2) is 16.6 Å². The number of rotatable bonds is 5. The molecule has 2 amide bonds. The van der Waals surface area contributed by atoms with Crippen LogP contribution in [-0.4, -0.2) is 46.6 Å². The summed E-state index contributed by atoms with van der Waals surface area (Å²) in [6, 6.07) is 4.50. The highest BCUT2D eigenvalue weighted by Gasteiger charge is 2.38. The lowest BCUT2D eigenvalue weighted by Crippen LogP contribution is -2.28. The van der Waals surface area contributed by atoms with Crippen LogP contribution in [0.3, 0.4) is 0 Å². The molecular formula is C20H20FN5O4S. The van der Waals surface area contributed by atoms with Crippen LogP contribution in [0.25, 0.3) is 10.9 Å². The molecule has 31 heavy (non-hydrogen) atoms. The summed E-state index contributed by atoms with van der Waals surface area (Å²) >= 11 is 1.19. The quantitative estimate of drug-likeness (QED) is 0.583. The molecule has 1 aliphatic heterocycles. The van der Waals surface area contributed by atoms with E-state index in [1.807, 2.05) is 13.8 Å². The van der Waals surface area contributed by atoms with Crippen LogP contribution in [0.5, 0.6) is 0 Å². The smallest absolute Gasteiger partial charge is 0.357 e. The second kappa shape index (κ2) is 8.06. The Kier molecular flexibility index (Phi) is 5.44. The van der Waals surface area contributed by atoms with Gasteiger partial charge < -0.3 is 10.1 Å². The summed E-state index contributed by atoms with van der Waals surface area (Å²) in [5.74, 6) is -2.29. The zero-order chi connectivity index (χ0) is 22.3. The molecule has 2 aromatic heterocycles. The van der Waals surface area contributed by atoms with Crippen molar-refractivity contribution in [1.82, 2.24) is 15.2 Å². The molecule has 0 bridgehead atoms. The molecule has 0 aliphatic carbocycles. The number of carbonyl (C=O) groups is 3. The van der Waals surface area contributed by atoms with Gasteiger partial charge in [-0.3, -0.25) is 19.6 Å². The first-order valence-corrected chi connectivity index (χ1v) is 10.4. The van der Waals surface area contributed by atoms with E-state index in [2.05, 4.69) is 20.5 Å². The van der Waals surface area contributed by atoms with Crippen molar-refractivity contribution < 1.29 is 23.5 Å². The molecule has 11 heteroatoms. The standard InChI is InChI=1S/C20H20FN5O4S/c1-9(2)16-15(19(29)30-3)22-20(31-16)23-18(28)10-7-13(27)26(8-10)17-14-11(21)5-4-6-12(14)24-25-17/h4-6,9-10H,7-8H2,1-3H3,(H,24,25)(H,22,23,28). The average molecular weight is 445 g/mol. The lowest BCUT2D eigenvalue weighted by atomic mass is 10.1. The number of H-pyrrole nitrogens is 1. The van der Waals surface area contributed by atoms with Gasteiger partial charge in [0.2, 0.25) is 11.8 Å². The molecule has 1 aromatic carbocycles. The van der Waals surface area contributed by atoms with E-state index in [9.17, 15) is 18.8 Å². The monoisotopic (exact) mass is 445 g/mol. The normalized spacial score (nSPS) is 16.4. The molecule has 1 aliphatic rings. The number of thiazole rings is 1. The third-order valence-corrected chi connectivity index (χ3v) is 6.33. The van der Waals surface area contributed by atoms with Crippen molar-refractivity contribution >= 4 is 51.0 Å². The first kappa shape index (κ1) is 20.9. The minimum absolute atomic E-state index is 0.0173. The summed E-state index contributed by atoms with van der Waals surface area (Å²) in [6.07, 6.45) is -0.0408. The fourth-order valence-corrected chi connectivity index (χ4v) is 4.48. The van der Waals surface area contributed by atoms with Crippen LogP contribution < -0.4 is 10.2 Å². The van der Waals surface area contributed by atoms with E-state index in [1.165, 1.54) is 29.4 Å². The molecular weight excluding hydrogens is 425 g/mol. The molecule has 1 fully saturated rings. The minimum Gasteiger partial charge on any atom is -0.464 e. The summed E-state index contributed by atoms with van der Waals surface area (Å²) in [4.78, 5) is 43.5. The molecule has 3 heterocycles. The predicted molar refractivity (Wildman–Crippen MR) is 113 cm³/mol. The Balaban J connectivity index is 1.53. The number of halogens is 1. The number of benzene rings is 1. The molecule has 0 radical (unpaired) electrons. The summed E-state index contributed by atoms with van der Waals surface area (Å²) in [6.45, 7) is 3.88. The maximum absolute atomic E-state index is 14.3. The largest absolute Gasteiger partial charge is 0.464 e. The SMILES string of the molecule is COC(=O)c1nc(NC(=O)C2CC(=O)N(c3n[nH]c4cccc(F)c34)C2)sc1C(C)C. The molecule has 3 aromatic rings. The summed E-state index contributed by atoms with van der Waals surface area (Å²) in [7, 11) is 1.27. The molecule has 1 unspecified atom stereocenters. The van der Waals surface area contributed by atoms with Gasteiger partial charge in [0, 0.05) is 17.8 Å². The maximum Gasteiger partial charge on any atom is 0.357 e. The number of aromatic nitrogens is 3. The number of fused-ring (bicyclic) bond motifs is 1. The number of amides is 2. The Hall–Kier alpha value is -3.34. The highest BCUT2D eigenvalue weighted by atomic mass is 32.1. The third-order valence-electron chi connectivity index (χ3n) is 5.06. The zero-order valence-corrected chi connectivity index (χ0v) is 17.9. The number of nitrogens with zero attached hydrogens (tertiary/aromatic N) is 3. The Bertz CT molecular complexity index is 1190. The van der Waals surface area contributed by atoms with Crippen molar-refractivity contribution in [2.24, 2.45) is 5.92 Å². The van der Waals surface area contributed by atoms with Gasteiger partial charge in [0.1, 0.15) is 5.82 Å². The molecule has 0 spiro atoms. The minimum atomic E-state index is -0.668. The lowest BCUT2D eigenvalue weighted by Gasteiger charge is -2.14. The van der Waals surface area contributed by atoms with E-state index in [0.717, 1.165) is 0 Å². The van der Waals surface area contributed by atoms with Gasteiger partial charge in [0.25, 0.3) is 0 Å². The van der Waals surface area contributed by atoms with Crippen LogP contribution in [0.4, 0.5) is 15.3 Å². The summed E-state index contributed by atoms with van der Waals surface area (Å²) in [5.41, 5.74) is 0.635. The van der Waals surface area contributed by atoms with Crippen molar-refractivity contribution in [2.45, 2.75) is 26.2 Å². The van der Waals surface area contributed by atoms with Gasteiger partial charge in [-0.25, -0.2) is 14.2 Å². The molecule has 1 saturated heterocycles. The first-order valence-electron chi connectivity index (χ1n) is 9.63. The number of ether oxygens (including phenoxy) is 1. The molecule has 0 saturated carbocycles. The van der Waals surface area contributed by atoms with Crippen molar-refractivity contribution in [2.75, 3.05) is 23.9 Å². The third kappa shape index (κ3) is 3.76. The molecule has 2 N–H and O–H groups in total. The Morgan fingerprint density at radius 1 is 1.39 bits per heavy atom. The van der Waals surface area contributed by atoms with E-state index in [0.29, 0.717) is 10.4 Å². The van der Waals surface area contributed by atoms with Crippen LogP contribution in [0, 0.1) is 11.7 Å². The van der Waals surface area contributed by atoms with Crippen LogP contribution in [-0.2, 0) is 14.3 Å². The Morgan fingerprint density at radius 3 is 2.87 bits per heavy atom. The van der Waals surface area contributed by atoms with Crippen LogP contribution in [0.1, 0.15) is 41.6 Å². The first-order chi connectivity index (χ1) is 14.8. The van der Waals surface area contributed by atoms with Gasteiger partial charge in [0.05, 0.1) is 23.9 Å². The lowest BCUT2D eigenvalue weighted by molar-refractivity contribution is -0.122. The van der Waals surface area contributed by atoms with Crippen LogP contribution in [0.15, 0.2) is 18.2 Å². The number of anilines is 2. The number of nitrogens with one attached hydrogen (secondary N) is 2. The topological polar surface area (TPSA) is 117 Å². The average Bonchev–Trinajstić information content (AvgIpc) is 3.44. The predicted octanol–water partition coefficient (Wildman–Crippen LogP) is 3.06. The summed E-state index contributed by atoms with van der Waals surface area (Å²) in [5, 5.41) is 9.95. The van der Waals surface area contributed by atoms with E-state index in [4.69, 9.17) is 4.74 Å². The highest BCUT2D eigenvalue weighted by Crippen LogP contribution is 2.33. The highest BCUT2D eigenvalue weighted by molar-refractivity contribution is 7.16. The van der Waals surface area contributed by atoms with Crippen LogP contribution >= 0.6 is 11.3 Å². The van der Waals surface area contributed by atoms with Crippen molar-refractivity contribution in [1.29, 1.82) is 0 Å². The van der Waals surface area contributed by atoms with Gasteiger partial charge in [-0.2, -0.15) is 5.10 Å². The van der Waals surface area contributed by atoms with E-state index in [-0.39, 0.29) is 46.8 Å². The van der Waals surface area contributed by atoms with E-state index >= 15 is 0 Å². The second-order valence-electron chi connectivity index (χ2n) is 7.48.